The first-order valence-electron chi connectivity index (χ1n) is 4.94. The Hall–Kier alpha value is -0.520. The molecule has 0 fully saturated rings. The molecule has 0 N–H and O–H groups in total. The first-order chi connectivity index (χ1) is 8.38. The summed E-state index contributed by atoms with van der Waals surface area (Å²) < 4.78 is 38.2. The van der Waals surface area contributed by atoms with Gasteiger partial charge in [-0.3, -0.25) is 0 Å². The van der Waals surface area contributed by atoms with Gasteiger partial charge in [0.15, 0.2) is 0 Å². The monoisotopic (exact) mass is 354 g/mol. The second-order valence-corrected chi connectivity index (χ2v) is 6.56. The molecule has 0 bridgehead atoms. The smallest absolute Gasteiger partial charge is 0.166 e. The van der Waals surface area contributed by atoms with E-state index in [1.165, 1.54) is 23.5 Å². The highest BCUT2D eigenvalue weighted by Gasteiger charge is 2.30. The molecule has 0 spiro atoms. The van der Waals surface area contributed by atoms with E-state index >= 15 is 0 Å². The molecule has 0 aliphatic rings. The van der Waals surface area contributed by atoms with E-state index in [0.717, 1.165) is 20.8 Å². The van der Waals surface area contributed by atoms with Gasteiger partial charge in [0.05, 0.1) is 14.7 Å². The summed E-state index contributed by atoms with van der Waals surface area (Å²) in [7, 11) is 0. The van der Waals surface area contributed by atoms with Gasteiger partial charge < -0.3 is 0 Å². The fraction of sp³-hybridized carbons (Fsp3) is 0.167. The van der Waals surface area contributed by atoms with E-state index < -0.39 is 17.1 Å². The quantitative estimate of drug-likeness (QED) is 0.592. The Kier molecular flexibility index (Phi) is 4.04. The SMILES string of the molecule is FC(F)(F)c1ccc(C(Cl)c2ccc(Br)s2)cc1. The fourth-order valence-corrected chi connectivity index (χ4v) is 3.25. The molecule has 96 valence electrons. The zero-order chi connectivity index (χ0) is 13.3. The maximum atomic E-state index is 12.4. The Balaban J connectivity index is 2.24. The molecule has 1 aromatic carbocycles. The van der Waals surface area contributed by atoms with Crippen LogP contribution in [0.25, 0.3) is 0 Å². The van der Waals surface area contributed by atoms with Gasteiger partial charge in [0.1, 0.15) is 0 Å². The van der Waals surface area contributed by atoms with Crippen LogP contribution in [0.1, 0.15) is 21.4 Å². The normalized spacial score (nSPS) is 13.6. The highest BCUT2D eigenvalue weighted by atomic mass is 79.9. The maximum Gasteiger partial charge on any atom is 0.416 e. The molecule has 1 atom stereocenters. The van der Waals surface area contributed by atoms with E-state index in [2.05, 4.69) is 15.9 Å². The predicted molar refractivity (Wildman–Crippen MR) is 71.2 cm³/mol. The van der Waals surface area contributed by atoms with Crippen molar-refractivity contribution in [3.05, 3.63) is 56.2 Å². The van der Waals surface area contributed by atoms with E-state index in [1.54, 1.807) is 0 Å². The van der Waals surface area contributed by atoms with Crippen LogP contribution in [0.15, 0.2) is 40.2 Å². The molecule has 0 nitrogen and oxygen atoms in total. The summed E-state index contributed by atoms with van der Waals surface area (Å²) in [5, 5.41) is -0.427. The molecule has 0 radical (unpaired) electrons. The molecule has 6 heteroatoms. The number of rotatable bonds is 2. The first kappa shape index (κ1) is 13.9. The molecular formula is C12H7BrClF3S. The minimum atomic E-state index is -4.31. The Morgan fingerprint density at radius 2 is 1.67 bits per heavy atom. The van der Waals surface area contributed by atoms with Crippen molar-refractivity contribution in [3.63, 3.8) is 0 Å². The van der Waals surface area contributed by atoms with Crippen molar-refractivity contribution in [1.29, 1.82) is 0 Å². The van der Waals surface area contributed by atoms with Crippen molar-refractivity contribution < 1.29 is 13.2 Å². The van der Waals surface area contributed by atoms with Crippen LogP contribution in [0, 0.1) is 0 Å². The topological polar surface area (TPSA) is 0 Å². The second kappa shape index (κ2) is 5.23. The minimum absolute atomic E-state index is 0.427. The number of halogens is 5. The molecule has 0 amide bonds. The van der Waals surface area contributed by atoms with Crippen LogP contribution in [-0.2, 0) is 6.18 Å². The lowest BCUT2D eigenvalue weighted by Gasteiger charge is -2.10. The fourth-order valence-electron chi connectivity index (χ4n) is 1.47. The minimum Gasteiger partial charge on any atom is -0.166 e. The summed E-state index contributed by atoms with van der Waals surface area (Å²) in [6.45, 7) is 0. The molecule has 1 unspecified atom stereocenters. The van der Waals surface area contributed by atoms with Gasteiger partial charge in [-0.1, -0.05) is 12.1 Å². The zero-order valence-electron chi connectivity index (χ0n) is 8.84. The molecular weight excluding hydrogens is 349 g/mol. The first-order valence-corrected chi connectivity index (χ1v) is 6.99. The molecule has 0 saturated carbocycles. The maximum absolute atomic E-state index is 12.4. The van der Waals surface area contributed by atoms with Crippen molar-refractivity contribution in [2.75, 3.05) is 0 Å². The van der Waals surface area contributed by atoms with Gasteiger partial charge in [-0.05, 0) is 45.8 Å². The van der Waals surface area contributed by atoms with Crippen LogP contribution in [0.2, 0.25) is 0 Å². The average Bonchev–Trinajstić information content (AvgIpc) is 2.74. The lowest BCUT2D eigenvalue weighted by Crippen LogP contribution is -2.04. The number of alkyl halides is 4. The highest BCUT2D eigenvalue weighted by molar-refractivity contribution is 9.11. The Labute approximate surface area is 120 Å². The lowest BCUT2D eigenvalue weighted by molar-refractivity contribution is -0.137. The van der Waals surface area contributed by atoms with Gasteiger partial charge in [-0.2, -0.15) is 13.2 Å². The molecule has 1 aromatic heterocycles. The summed E-state index contributed by atoms with van der Waals surface area (Å²) in [5.41, 5.74) is -0.0125. The third-order valence-corrected chi connectivity index (χ3v) is 4.68. The number of benzene rings is 1. The van der Waals surface area contributed by atoms with Crippen LogP contribution >= 0.6 is 38.9 Å². The van der Waals surface area contributed by atoms with Crippen molar-refractivity contribution in [2.24, 2.45) is 0 Å². The van der Waals surface area contributed by atoms with E-state index in [1.807, 2.05) is 12.1 Å². The molecule has 18 heavy (non-hydrogen) atoms. The van der Waals surface area contributed by atoms with Gasteiger partial charge >= 0.3 is 6.18 Å². The van der Waals surface area contributed by atoms with Gasteiger partial charge in [0.25, 0.3) is 0 Å². The average molecular weight is 356 g/mol. The Bertz CT molecular complexity index is 533. The van der Waals surface area contributed by atoms with Crippen LogP contribution in [0.4, 0.5) is 13.2 Å². The Morgan fingerprint density at radius 1 is 1.06 bits per heavy atom. The van der Waals surface area contributed by atoms with E-state index in [-0.39, 0.29) is 0 Å². The summed E-state index contributed by atoms with van der Waals surface area (Å²) in [6.07, 6.45) is -4.31. The van der Waals surface area contributed by atoms with Crippen molar-refractivity contribution in [3.8, 4) is 0 Å². The van der Waals surface area contributed by atoms with Crippen LogP contribution in [0.5, 0.6) is 0 Å². The van der Waals surface area contributed by atoms with Crippen LogP contribution in [-0.4, -0.2) is 0 Å². The number of hydrogen-bond acceptors (Lipinski definition) is 1. The molecule has 2 aromatic rings. The largest absolute Gasteiger partial charge is 0.416 e. The molecule has 0 aliphatic heterocycles. The highest BCUT2D eigenvalue weighted by Crippen LogP contribution is 2.37. The summed E-state index contributed by atoms with van der Waals surface area (Å²) in [5.74, 6) is 0. The third kappa shape index (κ3) is 3.08. The summed E-state index contributed by atoms with van der Waals surface area (Å²) in [6, 6.07) is 8.63. The van der Waals surface area contributed by atoms with Crippen LogP contribution in [0.3, 0.4) is 0 Å². The summed E-state index contributed by atoms with van der Waals surface area (Å²) >= 11 is 11.0. The van der Waals surface area contributed by atoms with Crippen molar-refractivity contribution in [2.45, 2.75) is 11.6 Å². The molecule has 0 saturated heterocycles. The van der Waals surface area contributed by atoms with Gasteiger partial charge in [-0.25, -0.2) is 0 Å². The zero-order valence-corrected chi connectivity index (χ0v) is 12.0. The Morgan fingerprint density at radius 3 is 2.11 bits per heavy atom. The van der Waals surface area contributed by atoms with E-state index in [9.17, 15) is 13.2 Å². The lowest BCUT2D eigenvalue weighted by atomic mass is 10.1. The number of thiophene rings is 1. The second-order valence-electron chi connectivity index (χ2n) is 3.62. The van der Waals surface area contributed by atoms with Gasteiger partial charge in [-0.15, -0.1) is 22.9 Å². The predicted octanol–water partition coefficient (Wildman–Crippen LogP) is 5.86. The van der Waals surface area contributed by atoms with Gasteiger partial charge in [0.2, 0.25) is 0 Å². The van der Waals surface area contributed by atoms with Gasteiger partial charge in [0, 0.05) is 4.88 Å². The molecule has 2 rings (SSSR count). The van der Waals surface area contributed by atoms with E-state index in [4.69, 9.17) is 11.6 Å². The third-order valence-electron chi connectivity index (χ3n) is 2.37. The van der Waals surface area contributed by atoms with Crippen LogP contribution < -0.4 is 0 Å². The standard InChI is InChI=1S/C12H7BrClF3S/c13-10-6-5-9(18-10)11(14)7-1-3-8(4-2-7)12(15,16)17/h1-6,11H. The van der Waals surface area contributed by atoms with Crippen molar-refractivity contribution >= 4 is 38.9 Å². The summed E-state index contributed by atoms with van der Waals surface area (Å²) in [4.78, 5) is 0.892. The van der Waals surface area contributed by atoms with E-state index in [0.29, 0.717) is 5.56 Å². The number of hydrogen-bond donors (Lipinski definition) is 0. The van der Waals surface area contributed by atoms with Crippen molar-refractivity contribution in [1.82, 2.24) is 0 Å². The molecule has 0 aliphatic carbocycles. The molecule has 1 heterocycles.